The van der Waals surface area contributed by atoms with Crippen molar-refractivity contribution in [2.75, 3.05) is 18.0 Å². The zero-order valence-electron chi connectivity index (χ0n) is 27.0. The van der Waals surface area contributed by atoms with Gasteiger partial charge in [0.2, 0.25) is 0 Å². The molecule has 11 heteroatoms. The second-order valence-corrected chi connectivity index (χ2v) is 11.1. The Morgan fingerprint density at radius 2 is 1.58 bits per heavy atom. The van der Waals surface area contributed by atoms with E-state index < -0.39 is 41.8 Å². The number of benzene rings is 2. The van der Waals surface area contributed by atoms with E-state index in [0.717, 1.165) is 62.6 Å². The molecule has 1 aliphatic heterocycles. The van der Waals surface area contributed by atoms with Crippen molar-refractivity contribution in [3.8, 4) is 0 Å². The minimum Gasteiger partial charge on any atom is -0.479 e. The maximum atomic E-state index is 13.8. The molecule has 4 rings (SSSR count). The molecular formula is C34H48F3N3O5. The Kier molecular flexibility index (Phi) is 14.4. The molecule has 250 valence electrons. The van der Waals surface area contributed by atoms with Crippen LogP contribution in [0.15, 0.2) is 48.5 Å². The third-order valence-corrected chi connectivity index (χ3v) is 8.29. The summed E-state index contributed by atoms with van der Waals surface area (Å²) >= 11 is 0. The summed E-state index contributed by atoms with van der Waals surface area (Å²) in [7, 11) is 0. The van der Waals surface area contributed by atoms with Gasteiger partial charge in [0, 0.05) is 17.8 Å². The molecule has 1 heterocycles. The monoisotopic (exact) mass is 635 g/mol. The lowest BCUT2D eigenvalue weighted by Gasteiger charge is -2.42. The predicted octanol–water partition coefficient (Wildman–Crippen LogP) is 7.49. The highest BCUT2D eigenvalue weighted by atomic mass is 19.4. The van der Waals surface area contributed by atoms with Gasteiger partial charge in [0.25, 0.3) is 5.91 Å². The number of carbonyl (C=O) groups is 3. The Bertz CT molecular complexity index is 1230. The van der Waals surface area contributed by atoms with Gasteiger partial charge in [-0.3, -0.25) is 9.69 Å². The van der Waals surface area contributed by atoms with E-state index in [-0.39, 0.29) is 18.1 Å². The quantitative estimate of drug-likeness (QED) is 0.251. The molecule has 0 aromatic heterocycles. The van der Waals surface area contributed by atoms with Gasteiger partial charge in [-0.1, -0.05) is 66.0 Å². The number of carbonyl (C=O) groups excluding carboxylic acids is 2. The number of urea groups is 1. The first kappa shape index (κ1) is 37.6. The number of aliphatic carboxylic acids is 1. The summed E-state index contributed by atoms with van der Waals surface area (Å²) in [4.78, 5) is 40.3. The van der Waals surface area contributed by atoms with Crippen molar-refractivity contribution in [3.05, 3.63) is 65.2 Å². The van der Waals surface area contributed by atoms with Crippen molar-refractivity contribution < 1.29 is 37.8 Å². The first-order chi connectivity index (χ1) is 21.4. The zero-order chi connectivity index (χ0) is 33.8. The van der Waals surface area contributed by atoms with Crippen LogP contribution < -0.4 is 10.2 Å². The third kappa shape index (κ3) is 9.69. The Morgan fingerprint density at radius 1 is 1.00 bits per heavy atom. The van der Waals surface area contributed by atoms with Gasteiger partial charge in [-0.15, -0.1) is 0 Å². The van der Waals surface area contributed by atoms with Gasteiger partial charge in [-0.05, 0) is 73.6 Å². The first-order valence-electron chi connectivity index (χ1n) is 16.0. The molecule has 0 bridgehead atoms. The van der Waals surface area contributed by atoms with Crippen LogP contribution in [0.3, 0.4) is 0 Å². The first-order valence-corrected chi connectivity index (χ1v) is 16.0. The smallest absolute Gasteiger partial charge is 0.416 e. The van der Waals surface area contributed by atoms with E-state index in [0.29, 0.717) is 18.2 Å². The van der Waals surface area contributed by atoms with E-state index >= 15 is 0 Å². The minimum atomic E-state index is -4.46. The highest BCUT2D eigenvalue weighted by molar-refractivity contribution is 5.96. The van der Waals surface area contributed by atoms with E-state index in [1.807, 2.05) is 32.6 Å². The lowest BCUT2D eigenvalue weighted by atomic mass is 9.74. The molecule has 3 amide bonds. The van der Waals surface area contributed by atoms with Crippen molar-refractivity contribution in [2.45, 2.75) is 104 Å². The summed E-state index contributed by atoms with van der Waals surface area (Å²) in [5, 5.41) is 20.5. The second-order valence-electron chi connectivity index (χ2n) is 11.1. The van der Waals surface area contributed by atoms with Crippen LogP contribution in [0.2, 0.25) is 0 Å². The Hall–Kier alpha value is -3.60. The molecule has 8 nitrogen and oxygen atoms in total. The van der Waals surface area contributed by atoms with Gasteiger partial charge >= 0.3 is 18.2 Å². The van der Waals surface area contributed by atoms with Crippen LogP contribution in [0.5, 0.6) is 0 Å². The maximum Gasteiger partial charge on any atom is 0.416 e. The summed E-state index contributed by atoms with van der Waals surface area (Å²) in [6, 6.07) is 11.0. The molecule has 3 N–H and O–H groups in total. The Labute approximate surface area is 264 Å². The number of rotatable bonds is 10. The topological polar surface area (TPSA) is 110 Å². The lowest BCUT2D eigenvalue weighted by Crippen LogP contribution is -2.49. The SMILES string of the molecule is CC.CC.CCCCC1CCC2(CC1)CN(c1ccc(C(F)(F)F)cc1)C(=O)N2Cc1ccc(C(=O)NCC(O)C(=O)O)cc1. The molecule has 2 aromatic rings. The normalized spacial score (nSPS) is 20.1. The van der Waals surface area contributed by atoms with E-state index in [9.17, 15) is 32.7 Å². The number of hydrogen-bond donors (Lipinski definition) is 3. The fraction of sp³-hybridized carbons (Fsp3) is 0.559. The molecule has 2 aliphatic rings. The van der Waals surface area contributed by atoms with Gasteiger partial charge in [0.1, 0.15) is 0 Å². The number of carboxylic acid groups (broad SMARTS) is 1. The number of anilines is 1. The number of aliphatic hydroxyl groups is 1. The number of nitrogens with one attached hydrogen (secondary N) is 1. The van der Waals surface area contributed by atoms with Crippen LogP contribution in [-0.2, 0) is 17.5 Å². The maximum absolute atomic E-state index is 13.8. The predicted molar refractivity (Wildman–Crippen MR) is 169 cm³/mol. The van der Waals surface area contributed by atoms with Crippen molar-refractivity contribution >= 4 is 23.6 Å². The fourth-order valence-corrected chi connectivity index (χ4v) is 5.81. The number of aliphatic hydroxyl groups excluding tert-OH is 1. The molecule has 1 unspecified atom stereocenters. The standard InChI is InChI=1S/C30H36F3N3O5.2C2H6/c1-2-3-4-20-13-15-29(16-14-20)19-35(24-11-9-23(10-12-24)30(31,32)33)28(41)36(29)18-21-5-7-22(8-6-21)26(38)34-17-25(37)27(39)40;2*1-2/h5-12,20,25,37H,2-4,13-19H2,1H3,(H,34,38)(H,39,40);2*1-2H3. The van der Waals surface area contributed by atoms with Crippen molar-refractivity contribution in [1.82, 2.24) is 10.2 Å². The summed E-state index contributed by atoms with van der Waals surface area (Å²) < 4.78 is 39.4. The molecule has 2 fully saturated rings. The van der Waals surface area contributed by atoms with Gasteiger partial charge in [0.15, 0.2) is 6.10 Å². The van der Waals surface area contributed by atoms with Crippen LogP contribution in [0.25, 0.3) is 0 Å². The number of amides is 3. The largest absolute Gasteiger partial charge is 0.479 e. The van der Waals surface area contributed by atoms with Gasteiger partial charge in [-0.25, -0.2) is 9.59 Å². The highest BCUT2D eigenvalue weighted by Crippen LogP contribution is 2.45. The molecule has 1 saturated carbocycles. The number of halogens is 3. The van der Waals surface area contributed by atoms with Crippen molar-refractivity contribution in [1.29, 1.82) is 0 Å². The number of hydrogen-bond acceptors (Lipinski definition) is 4. The van der Waals surface area contributed by atoms with Crippen LogP contribution in [0, 0.1) is 5.92 Å². The molecule has 1 spiro atoms. The van der Waals surface area contributed by atoms with E-state index in [4.69, 9.17) is 5.11 Å². The summed E-state index contributed by atoms with van der Waals surface area (Å²) in [5.41, 5.74) is 0.260. The van der Waals surface area contributed by atoms with Gasteiger partial charge < -0.3 is 20.4 Å². The zero-order valence-corrected chi connectivity index (χ0v) is 27.0. The molecule has 0 radical (unpaired) electrons. The third-order valence-electron chi connectivity index (χ3n) is 8.29. The van der Waals surface area contributed by atoms with Gasteiger partial charge in [0.05, 0.1) is 24.2 Å². The number of nitrogens with zero attached hydrogens (tertiary/aromatic N) is 2. The number of alkyl halides is 3. The number of carboxylic acids is 1. The van der Waals surface area contributed by atoms with E-state index in [2.05, 4.69) is 12.2 Å². The molecule has 2 aromatic carbocycles. The molecule has 45 heavy (non-hydrogen) atoms. The van der Waals surface area contributed by atoms with Crippen molar-refractivity contribution in [2.24, 2.45) is 5.92 Å². The number of unbranched alkanes of at least 4 members (excludes halogenated alkanes) is 1. The second kappa shape index (κ2) is 17.2. The van der Waals surface area contributed by atoms with Crippen LogP contribution in [-0.4, -0.2) is 57.8 Å². The Balaban J connectivity index is 0.00000169. The van der Waals surface area contributed by atoms with Gasteiger partial charge in [-0.2, -0.15) is 13.2 Å². The lowest BCUT2D eigenvalue weighted by molar-refractivity contribution is -0.146. The van der Waals surface area contributed by atoms with Crippen LogP contribution >= 0.6 is 0 Å². The summed E-state index contributed by atoms with van der Waals surface area (Å²) in [6.07, 6.45) is 0.827. The van der Waals surface area contributed by atoms with E-state index in [1.54, 1.807) is 29.2 Å². The average molecular weight is 636 g/mol. The van der Waals surface area contributed by atoms with Crippen LogP contribution in [0.1, 0.15) is 101 Å². The summed E-state index contributed by atoms with van der Waals surface area (Å²) in [5.74, 6) is -1.38. The average Bonchev–Trinajstić information content (AvgIpc) is 3.31. The van der Waals surface area contributed by atoms with E-state index in [1.165, 1.54) is 12.1 Å². The minimum absolute atomic E-state index is 0.263. The highest BCUT2D eigenvalue weighted by Gasteiger charge is 2.51. The molecular weight excluding hydrogens is 587 g/mol. The fourth-order valence-electron chi connectivity index (χ4n) is 5.81. The molecule has 1 atom stereocenters. The summed E-state index contributed by atoms with van der Waals surface area (Å²) in [6.45, 7) is 10.4. The Morgan fingerprint density at radius 3 is 2.09 bits per heavy atom. The van der Waals surface area contributed by atoms with Crippen molar-refractivity contribution in [3.63, 3.8) is 0 Å². The molecule has 1 aliphatic carbocycles. The molecule has 1 saturated heterocycles. The van der Waals surface area contributed by atoms with Crippen LogP contribution in [0.4, 0.5) is 23.7 Å².